The number of nitrogens with zero attached hydrogens (tertiary/aromatic N) is 3. The molecular weight excluding hydrogens is 435 g/mol. The molecule has 0 aliphatic carbocycles. The molecule has 0 saturated heterocycles. The fraction of sp³-hybridized carbons (Fsp3) is 0.136. The fourth-order valence-electron chi connectivity index (χ4n) is 3.09. The normalized spacial score (nSPS) is 11.0. The van der Waals surface area contributed by atoms with Gasteiger partial charge in [-0.3, -0.25) is 10.4 Å². The van der Waals surface area contributed by atoms with E-state index >= 15 is 0 Å². The van der Waals surface area contributed by atoms with Gasteiger partial charge in [0, 0.05) is 49.0 Å². The number of nitrogens with one attached hydrogen (secondary N) is 2. The van der Waals surface area contributed by atoms with E-state index in [1.54, 1.807) is 18.2 Å². The number of pyridine rings is 1. The molecule has 158 valence electrons. The van der Waals surface area contributed by atoms with Crippen molar-refractivity contribution >= 4 is 51.3 Å². The Hall–Kier alpha value is -3.29. The summed E-state index contributed by atoms with van der Waals surface area (Å²) < 4.78 is 5.85. The number of nitrogen functional groups attached to an aromatic ring is 1. The first-order chi connectivity index (χ1) is 14.8. The molecule has 0 unspecified atom stereocenters. The van der Waals surface area contributed by atoms with Gasteiger partial charge in [-0.25, -0.2) is 4.98 Å². The van der Waals surface area contributed by atoms with Gasteiger partial charge in [0.05, 0.1) is 21.1 Å². The number of hydrogen-bond acceptors (Lipinski definition) is 6. The third kappa shape index (κ3) is 4.28. The number of anilines is 2. The van der Waals surface area contributed by atoms with E-state index in [0.717, 1.165) is 16.7 Å². The van der Waals surface area contributed by atoms with Gasteiger partial charge in [0.1, 0.15) is 18.1 Å². The van der Waals surface area contributed by atoms with Gasteiger partial charge in [0.25, 0.3) is 0 Å². The van der Waals surface area contributed by atoms with E-state index in [1.165, 1.54) is 12.4 Å². The van der Waals surface area contributed by atoms with Crippen molar-refractivity contribution in [3.63, 3.8) is 0 Å². The number of aromatic nitrogens is 3. The summed E-state index contributed by atoms with van der Waals surface area (Å²) in [7, 11) is 3.94. The Morgan fingerprint density at radius 3 is 2.58 bits per heavy atom. The van der Waals surface area contributed by atoms with Crippen molar-refractivity contribution in [3.8, 4) is 5.75 Å². The summed E-state index contributed by atoms with van der Waals surface area (Å²) in [6.45, 7) is 0.162. The highest BCUT2D eigenvalue weighted by Crippen LogP contribution is 2.27. The lowest BCUT2D eigenvalue weighted by atomic mass is 10.1. The number of benzene rings is 2. The third-order valence-corrected chi connectivity index (χ3v) is 5.50. The standard InChI is InChI=1S/C22H20Cl2N6O/c1-30(2)12-3-6-19-20(7-12)29-22(28-19)21(26)14-8-13(4-5-18(14)25)31-11-15-16(23)9-27-10-17(15)24/h3-10,26H,11,25H2,1-2H3,(H,28,29). The average Bonchev–Trinajstić information content (AvgIpc) is 3.17. The molecule has 9 heteroatoms. The number of H-pyrrole nitrogens is 1. The first-order valence-corrected chi connectivity index (χ1v) is 10.2. The topological polar surface area (TPSA) is 104 Å². The Morgan fingerprint density at radius 2 is 1.87 bits per heavy atom. The summed E-state index contributed by atoms with van der Waals surface area (Å²) in [6, 6.07) is 11.0. The molecule has 4 rings (SSSR count). The number of imidazole rings is 1. The van der Waals surface area contributed by atoms with Gasteiger partial charge in [-0.2, -0.15) is 0 Å². The zero-order valence-electron chi connectivity index (χ0n) is 16.9. The minimum atomic E-state index is 0.162. The van der Waals surface area contributed by atoms with Crippen molar-refractivity contribution in [2.24, 2.45) is 0 Å². The maximum absolute atomic E-state index is 8.65. The van der Waals surface area contributed by atoms with Crippen LogP contribution in [-0.2, 0) is 6.61 Å². The van der Waals surface area contributed by atoms with Crippen LogP contribution in [0.2, 0.25) is 10.0 Å². The Morgan fingerprint density at radius 1 is 1.13 bits per heavy atom. The van der Waals surface area contributed by atoms with Crippen LogP contribution in [0.3, 0.4) is 0 Å². The molecule has 0 atom stereocenters. The average molecular weight is 455 g/mol. The molecule has 4 aromatic rings. The predicted molar refractivity (Wildman–Crippen MR) is 126 cm³/mol. The maximum atomic E-state index is 8.65. The van der Waals surface area contributed by atoms with Crippen molar-refractivity contribution in [3.05, 3.63) is 75.8 Å². The summed E-state index contributed by atoms with van der Waals surface area (Å²) in [5, 5.41) is 9.51. The lowest BCUT2D eigenvalue weighted by Gasteiger charge is -2.12. The van der Waals surface area contributed by atoms with E-state index in [9.17, 15) is 0 Å². The summed E-state index contributed by atoms with van der Waals surface area (Å²) in [6.07, 6.45) is 3.03. The smallest absolute Gasteiger partial charge is 0.157 e. The number of rotatable bonds is 6. The molecule has 0 aliphatic rings. The first kappa shape index (κ1) is 21.0. The van der Waals surface area contributed by atoms with E-state index in [1.807, 2.05) is 37.2 Å². The van der Waals surface area contributed by atoms with Gasteiger partial charge >= 0.3 is 0 Å². The Kier molecular flexibility index (Phi) is 5.71. The van der Waals surface area contributed by atoms with Crippen LogP contribution in [-0.4, -0.2) is 34.8 Å². The zero-order valence-corrected chi connectivity index (χ0v) is 18.4. The molecule has 0 amide bonds. The van der Waals surface area contributed by atoms with E-state index in [-0.39, 0.29) is 12.3 Å². The summed E-state index contributed by atoms with van der Waals surface area (Å²) in [5.74, 6) is 0.957. The van der Waals surface area contributed by atoms with Crippen molar-refractivity contribution in [1.82, 2.24) is 15.0 Å². The lowest BCUT2D eigenvalue weighted by molar-refractivity contribution is 0.306. The summed E-state index contributed by atoms with van der Waals surface area (Å²) in [5.41, 5.74) is 10.6. The van der Waals surface area contributed by atoms with Crippen molar-refractivity contribution < 1.29 is 4.74 Å². The van der Waals surface area contributed by atoms with Gasteiger partial charge in [-0.1, -0.05) is 23.2 Å². The fourth-order valence-corrected chi connectivity index (χ4v) is 3.57. The second-order valence-electron chi connectivity index (χ2n) is 7.18. The van der Waals surface area contributed by atoms with Gasteiger partial charge in [-0.05, 0) is 36.4 Å². The molecular formula is C22H20Cl2N6O. The zero-order chi connectivity index (χ0) is 22.1. The summed E-state index contributed by atoms with van der Waals surface area (Å²) >= 11 is 12.3. The Bertz CT molecular complexity index is 1260. The predicted octanol–water partition coefficient (Wildman–Crippen LogP) is 4.91. The number of hydrogen-bond donors (Lipinski definition) is 3. The third-order valence-electron chi connectivity index (χ3n) is 4.85. The number of aromatic amines is 1. The lowest BCUT2D eigenvalue weighted by Crippen LogP contribution is -2.08. The molecule has 2 heterocycles. The first-order valence-electron chi connectivity index (χ1n) is 9.40. The Balaban J connectivity index is 1.60. The number of halogens is 2. The molecule has 31 heavy (non-hydrogen) atoms. The van der Waals surface area contributed by atoms with E-state index < -0.39 is 0 Å². The molecule has 2 aromatic carbocycles. The molecule has 0 fully saturated rings. The van der Waals surface area contributed by atoms with E-state index in [4.69, 9.17) is 39.1 Å². The highest BCUT2D eigenvalue weighted by atomic mass is 35.5. The van der Waals surface area contributed by atoms with Crippen LogP contribution in [0, 0.1) is 5.41 Å². The van der Waals surface area contributed by atoms with Crippen molar-refractivity contribution in [1.29, 1.82) is 5.41 Å². The van der Waals surface area contributed by atoms with Crippen LogP contribution in [0.15, 0.2) is 48.8 Å². The number of nitrogens with two attached hydrogens (primary N) is 1. The van der Waals surface area contributed by atoms with Gasteiger partial charge in [0.2, 0.25) is 0 Å². The van der Waals surface area contributed by atoms with Crippen LogP contribution >= 0.6 is 23.2 Å². The van der Waals surface area contributed by atoms with Gasteiger partial charge in [-0.15, -0.1) is 0 Å². The minimum Gasteiger partial charge on any atom is -0.489 e. The SMILES string of the molecule is CN(C)c1ccc2nc(C(=N)c3cc(OCc4c(Cl)cncc4Cl)ccc3N)[nH]c2c1. The Labute approximate surface area is 189 Å². The van der Waals surface area contributed by atoms with Gasteiger partial charge in [0.15, 0.2) is 5.82 Å². The molecule has 0 radical (unpaired) electrons. The van der Waals surface area contributed by atoms with Crippen LogP contribution in [0.1, 0.15) is 17.0 Å². The largest absolute Gasteiger partial charge is 0.489 e. The molecule has 0 bridgehead atoms. The van der Waals surface area contributed by atoms with Crippen molar-refractivity contribution in [2.45, 2.75) is 6.61 Å². The second kappa shape index (κ2) is 8.45. The molecule has 0 aliphatic heterocycles. The highest BCUT2D eigenvalue weighted by molar-refractivity contribution is 6.35. The second-order valence-corrected chi connectivity index (χ2v) is 7.99. The summed E-state index contributed by atoms with van der Waals surface area (Å²) in [4.78, 5) is 13.7. The minimum absolute atomic E-state index is 0.162. The highest BCUT2D eigenvalue weighted by Gasteiger charge is 2.15. The molecule has 7 nitrogen and oxygen atoms in total. The molecule has 0 spiro atoms. The maximum Gasteiger partial charge on any atom is 0.157 e. The van der Waals surface area contributed by atoms with E-state index in [0.29, 0.717) is 38.4 Å². The van der Waals surface area contributed by atoms with Crippen LogP contribution in [0.25, 0.3) is 11.0 Å². The van der Waals surface area contributed by atoms with Crippen LogP contribution < -0.4 is 15.4 Å². The van der Waals surface area contributed by atoms with Crippen LogP contribution in [0.4, 0.5) is 11.4 Å². The van der Waals surface area contributed by atoms with Gasteiger partial charge < -0.3 is 20.4 Å². The number of ether oxygens (including phenoxy) is 1. The number of fused-ring (bicyclic) bond motifs is 1. The van der Waals surface area contributed by atoms with E-state index in [2.05, 4.69) is 15.0 Å². The monoisotopic (exact) mass is 454 g/mol. The van der Waals surface area contributed by atoms with Crippen LogP contribution in [0.5, 0.6) is 5.75 Å². The molecule has 2 aromatic heterocycles. The molecule has 0 saturated carbocycles. The van der Waals surface area contributed by atoms with Crippen molar-refractivity contribution in [2.75, 3.05) is 24.7 Å². The quantitative estimate of drug-likeness (QED) is 0.283. The molecule has 4 N–H and O–H groups in total.